The summed E-state index contributed by atoms with van der Waals surface area (Å²) in [5, 5.41) is 37.2. The molecule has 0 amide bonds. The second kappa shape index (κ2) is 8.11. The first-order chi connectivity index (χ1) is 14.5. The minimum Gasteiger partial charge on any atom is -0.478 e. The van der Waals surface area contributed by atoms with Gasteiger partial charge in [-0.1, -0.05) is 12.1 Å². The van der Waals surface area contributed by atoms with Crippen LogP contribution >= 0.6 is 0 Å². The van der Waals surface area contributed by atoms with Crippen LogP contribution in [0.5, 0.6) is 0 Å². The van der Waals surface area contributed by atoms with Gasteiger partial charge in [-0.3, -0.25) is 0 Å². The highest BCUT2D eigenvalue weighted by Gasteiger charge is 2.15. The summed E-state index contributed by atoms with van der Waals surface area (Å²) in [5.74, 6) is -5.12. The van der Waals surface area contributed by atoms with Crippen molar-refractivity contribution in [2.45, 2.75) is 6.92 Å². The Labute approximate surface area is 175 Å². The van der Waals surface area contributed by atoms with Gasteiger partial charge in [0.05, 0.1) is 22.3 Å². The van der Waals surface area contributed by atoms with Gasteiger partial charge in [-0.25, -0.2) is 19.2 Å². The zero-order valence-electron chi connectivity index (χ0n) is 16.1. The third-order valence-electron chi connectivity index (χ3n) is 4.60. The zero-order valence-corrected chi connectivity index (χ0v) is 16.1. The summed E-state index contributed by atoms with van der Waals surface area (Å²) in [6.45, 7) is 1.76. The van der Waals surface area contributed by atoms with E-state index in [1.165, 1.54) is 24.3 Å². The fraction of sp³-hybridized carbons (Fsp3) is 0.0435. The number of hydrogen-bond acceptors (Lipinski definition) is 4. The molecule has 0 unspecified atom stereocenters. The number of aryl methyl sites for hydroxylation is 1. The average molecular weight is 420 g/mol. The smallest absolute Gasteiger partial charge is 0.335 e. The van der Waals surface area contributed by atoms with Crippen molar-refractivity contribution >= 4 is 23.9 Å². The van der Waals surface area contributed by atoms with Crippen molar-refractivity contribution < 1.29 is 39.6 Å². The third kappa shape index (κ3) is 4.59. The van der Waals surface area contributed by atoms with Gasteiger partial charge < -0.3 is 20.4 Å². The Hall–Kier alpha value is -4.46. The second-order valence-electron chi connectivity index (χ2n) is 6.91. The number of carboxylic acid groups (broad SMARTS) is 4. The summed E-state index contributed by atoms with van der Waals surface area (Å²) < 4.78 is 0. The molecule has 0 heterocycles. The molecule has 3 aromatic rings. The first-order valence-corrected chi connectivity index (χ1v) is 8.91. The Balaban J connectivity index is 2.23. The molecule has 3 rings (SSSR count). The summed E-state index contributed by atoms with van der Waals surface area (Å²) in [7, 11) is 0. The maximum absolute atomic E-state index is 11.4. The van der Waals surface area contributed by atoms with Crippen LogP contribution in [-0.4, -0.2) is 44.3 Å². The predicted octanol–water partition coefficient (Wildman–Crippen LogP) is 4.12. The zero-order chi connectivity index (χ0) is 22.9. The Morgan fingerprint density at radius 3 is 0.968 bits per heavy atom. The lowest BCUT2D eigenvalue weighted by Crippen LogP contribution is -2.03. The van der Waals surface area contributed by atoms with Gasteiger partial charge in [0.25, 0.3) is 0 Å². The Morgan fingerprint density at radius 2 is 0.710 bits per heavy atom. The van der Waals surface area contributed by atoms with Crippen LogP contribution < -0.4 is 0 Å². The van der Waals surface area contributed by atoms with Gasteiger partial charge in [0, 0.05) is 0 Å². The van der Waals surface area contributed by atoms with E-state index in [0.29, 0.717) is 22.3 Å². The van der Waals surface area contributed by atoms with Crippen molar-refractivity contribution in [3.8, 4) is 22.3 Å². The van der Waals surface area contributed by atoms with E-state index in [1.807, 2.05) is 0 Å². The van der Waals surface area contributed by atoms with Crippen LogP contribution in [0.4, 0.5) is 0 Å². The normalized spacial score (nSPS) is 10.5. The van der Waals surface area contributed by atoms with Crippen LogP contribution in [0.1, 0.15) is 47.0 Å². The predicted molar refractivity (Wildman–Crippen MR) is 110 cm³/mol. The van der Waals surface area contributed by atoms with Crippen molar-refractivity contribution in [3.63, 3.8) is 0 Å². The molecule has 8 heteroatoms. The first kappa shape index (κ1) is 21.3. The van der Waals surface area contributed by atoms with Crippen LogP contribution in [0, 0.1) is 6.92 Å². The van der Waals surface area contributed by atoms with Gasteiger partial charge in [-0.05, 0) is 77.2 Å². The number of rotatable bonds is 6. The minimum absolute atomic E-state index is 0.195. The molecule has 4 N–H and O–H groups in total. The van der Waals surface area contributed by atoms with Gasteiger partial charge in [0.1, 0.15) is 0 Å². The van der Waals surface area contributed by atoms with Crippen LogP contribution in [-0.2, 0) is 0 Å². The lowest BCUT2D eigenvalue weighted by atomic mass is 9.93. The number of hydrogen-bond donors (Lipinski definition) is 4. The van der Waals surface area contributed by atoms with Crippen LogP contribution in [0.2, 0.25) is 0 Å². The molecule has 0 saturated carbocycles. The molecule has 0 radical (unpaired) electrons. The summed E-state index contributed by atoms with van der Waals surface area (Å²) in [5.41, 5.74) is 1.63. The largest absolute Gasteiger partial charge is 0.478 e. The SMILES string of the molecule is Cc1cc(-c2cc(C(=O)O)cc(C(=O)O)c2)cc(-c2cc(C(=O)O)cc(C(=O)O)c2)c1. The molecule has 0 aliphatic heterocycles. The number of carbonyl (C=O) groups is 4. The Morgan fingerprint density at radius 1 is 0.452 bits per heavy atom. The highest BCUT2D eigenvalue weighted by atomic mass is 16.4. The van der Waals surface area contributed by atoms with E-state index in [2.05, 4.69) is 0 Å². The van der Waals surface area contributed by atoms with Crippen LogP contribution in [0.15, 0.2) is 54.6 Å². The van der Waals surface area contributed by atoms with Gasteiger partial charge in [0.2, 0.25) is 0 Å². The second-order valence-corrected chi connectivity index (χ2v) is 6.91. The number of carboxylic acids is 4. The third-order valence-corrected chi connectivity index (χ3v) is 4.60. The molecule has 0 spiro atoms. The highest BCUT2D eigenvalue weighted by Crippen LogP contribution is 2.31. The van der Waals surface area contributed by atoms with E-state index < -0.39 is 23.9 Å². The molecule has 0 aromatic heterocycles. The summed E-state index contributed by atoms with van der Waals surface area (Å²) >= 11 is 0. The van der Waals surface area contributed by atoms with E-state index in [9.17, 15) is 39.6 Å². The molecule has 3 aromatic carbocycles. The average Bonchev–Trinajstić information content (AvgIpc) is 2.72. The molecule has 156 valence electrons. The lowest BCUT2D eigenvalue weighted by molar-refractivity contribution is 0.0676. The minimum atomic E-state index is -1.28. The fourth-order valence-electron chi connectivity index (χ4n) is 3.20. The molecular weight excluding hydrogens is 404 g/mol. The summed E-state index contributed by atoms with van der Waals surface area (Å²) in [4.78, 5) is 45.7. The van der Waals surface area contributed by atoms with Crippen LogP contribution in [0.3, 0.4) is 0 Å². The monoisotopic (exact) mass is 420 g/mol. The maximum atomic E-state index is 11.4. The molecular formula is C23H16O8. The summed E-state index contributed by atoms with van der Waals surface area (Å²) in [6, 6.07) is 12.5. The highest BCUT2D eigenvalue weighted by molar-refractivity contribution is 5.97. The molecule has 0 fully saturated rings. The Kier molecular flexibility index (Phi) is 5.56. The van der Waals surface area contributed by atoms with E-state index in [1.54, 1.807) is 25.1 Å². The van der Waals surface area contributed by atoms with E-state index >= 15 is 0 Å². The van der Waals surface area contributed by atoms with Gasteiger partial charge >= 0.3 is 23.9 Å². The van der Waals surface area contributed by atoms with E-state index in [0.717, 1.165) is 17.7 Å². The van der Waals surface area contributed by atoms with Gasteiger partial charge in [0.15, 0.2) is 0 Å². The van der Waals surface area contributed by atoms with E-state index in [4.69, 9.17) is 0 Å². The molecule has 0 saturated heterocycles. The molecule has 0 atom stereocenters. The van der Waals surface area contributed by atoms with Gasteiger partial charge in [-0.2, -0.15) is 0 Å². The molecule has 0 bridgehead atoms. The van der Waals surface area contributed by atoms with Crippen molar-refractivity contribution in [3.05, 3.63) is 82.4 Å². The van der Waals surface area contributed by atoms with Crippen molar-refractivity contribution in [1.82, 2.24) is 0 Å². The number of benzene rings is 3. The number of aromatic carboxylic acids is 4. The molecule has 0 aliphatic carbocycles. The van der Waals surface area contributed by atoms with Crippen LogP contribution in [0.25, 0.3) is 22.3 Å². The Bertz CT molecular complexity index is 1100. The maximum Gasteiger partial charge on any atom is 0.335 e. The van der Waals surface area contributed by atoms with Crippen molar-refractivity contribution in [1.29, 1.82) is 0 Å². The topological polar surface area (TPSA) is 149 Å². The molecule has 8 nitrogen and oxygen atoms in total. The van der Waals surface area contributed by atoms with E-state index in [-0.39, 0.29) is 22.3 Å². The standard InChI is InChI=1S/C23H16O8/c1-11-2-12(14-5-16(20(24)25)9-17(6-14)21(26)27)4-13(3-11)15-7-18(22(28)29)10-19(8-15)23(30)31/h2-10H,1H3,(H,24,25)(H,26,27)(H,28,29)(H,30,31). The van der Waals surface area contributed by atoms with Crippen molar-refractivity contribution in [2.75, 3.05) is 0 Å². The van der Waals surface area contributed by atoms with Crippen molar-refractivity contribution in [2.24, 2.45) is 0 Å². The molecule has 31 heavy (non-hydrogen) atoms. The van der Waals surface area contributed by atoms with Gasteiger partial charge in [-0.15, -0.1) is 0 Å². The quantitative estimate of drug-likeness (QED) is 0.465. The fourth-order valence-corrected chi connectivity index (χ4v) is 3.20. The summed E-state index contributed by atoms with van der Waals surface area (Å²) in [6.07, 6.45) is 0. The first-order valence-electron chi connectivity index (χ1n) is 8.91. The molecule has 0 aliphatic rings. The lowest BCUT2D eigenvalue weighted by Gasteiger charge is -2.11.